The van der Waals surface area contributed by atoms with E-state index in [1.807, 2.05) is 33.2 Å². The molecule has 4 N–H and O–H groups in total. The molecule has 3 heterocycles. The molecular formula is C23H27N7O2S. The van der Waals surface area contributed by atoms with E-state index >= 15 is 0 Å². The van der Waals surface area contributed by atoms with Crippen molar-refractivity contribution in [1.29, 1.82) is 0 Å². The van der Waals surface area contributed by atoms with Crippen LogP contribution in [-0.4, -0.2) is 57.7 Å². The molecule has 0 radical (unpaired) electrons. The number of benzene rings is 1. The van der Waals surface area contributed by atoms with Gasteiger partial charge in [-0.3, -0.25) is 9.89 Å². The lowest BCUT2D eigenvalue weighted by Gasteiger charge is -2.24. The zero-order valence-electron chi connectivity index (χ0n) is 18.9. The van der Waals surface area contributed by atoms with Gasteiger partial charge < -0.3 is 20.7 Å². The predicted molar refractivity (Wildman–Crippen MR) is 130 cm³/mol. The van der Waals surface area contributed by atoms with Gasteiger partial charge in [0.05, 0.1) is 22.8 Å². The molecule has 0 unspecified atom stereocenters. The number of amides is 1. The fraction of sp³-hybridized carbons (Fsp3) is 0.391. The minimum atomic E-state index is -0.0946. The molecule has 5 rings (SSSR count). The van der Waals surface area contributed by atoms with E-state index in [4.69, 9.17) is 10.5 Å². The highest BCUT2D eigenvalue weighted by atomic mass is 32.1. The number of ether oxygens (including phenoxy) is 1. The van der Waals surface area contributed by atoms with Crippen LogP contribution in [0.4, 0.5) is 11.5 Å². The number of anilines is 2. The molecule has 1 amide bonds. The van der Waals surface area contributed by atoms with Crippen molar-refractivity contribution in [2.75, 3.05) is 26.0 Å². The minimum Gasteiger partial charge on any atom is -0.490 e. The van der Waals surface area contributed by atoms with E-state index in [-0.39, 0.29) is 17.9 Å². The Kier molecular flexibility index (Phi) is 5.63. The quantitative estimate of drug-likeness (QED) is 0.400. The van der Waals surface area contributed by atoms with Gasteiger partial charge in [-0.15, -0.1) is 11.3 Å². The third-order valence-electron chi connectivity index (χ3n) is 5.93. The van der Waals surface area contributed by atoms with Gasteiger partial charge in [0.1, 0.15) is 29.3 Å². The largest absolute Gasteiger partial charge is 0.490 e. The molecule has 172 valence electrons. The van der Waals surface area contributed by atoms with Gasteiger partial charge in [0.25, 0.3) is 0 Å². The molecule has 3 aromatic heterocycles. The first-order chi connectivity index (χ1) is 15.9. The second-order valence-corrected chi connectivity index (χ2v) is 9.88. The number of carbonyl (C=O) groups excluding carboxylic acids is 1. The third kappa shape index (κ3) is 4.11. The van der Waals surface area contributed by atoms with Gasteiger partial charge in [-0.1, -0.05) is 0 Å². The second-order valence-electron chi connectivity index (χ2n) is 8.80. The molecule has 0 saturated carbocycles. The lowest BCUT2D eigenvalue weighted by atomic mass is 9.87. The average molecular weight is 466 g/mol. The number of carbonyl (C=O) groups is 1. The van der Waals surface area contributed by atoms with Crippen LogP contribution < -0.4 is 15.8 Å². The highest BCUT2D eigenvalue weighted by Crippen LogP contribution is 2.41. The van der Waals surface area contributed by atoms with Crippen LogP contribution in [0.2, 0.25) is 0 Å². The summed E-state index contributed by atoms with van der Waals surface area (Å²) in [4.78, 5) is 25.5. The van der Waals surface area contributed by atoms with Crippen LogP contribution in [0.15, 0.2) is 24.7 Å². The van der Waals surface area contributed by atoms with Crippen molar-refractivity contribution in [3.63, 3.8) is 0 Å². The molecule has 1 aliphatic rings. The van der Waals surface area contributed by atoms with Crippen molar-refractivity contribution in [3.8, 4) is 5.75 Å². The molecule has 33 heavy (non-hydrogen) atoms. The molecule has 1 aromatic carbocycles. The predicted octanol–water partition coefficient (Wildman–Crippen LogP) is 3.23. The van der Waals surface area contributed by atoms with E-state index in [1.165, 1.54) is 10.4 Å². The number of nitrogens with one attached hydrogen (secondary N) is 2. The molecule has 0 saturated heterocycles. The summed E-state index contributed by atoms with van der Waals surface area (Å²) in [5, 5.41) is 12.6. The van der Waals surface area contributed by atoms with Gasteiger partial charge in [-0.2, -0.15) is 5.10 Å². The van der Waals surface area contributed by atoms with Crippen molar-refractivity contribution in [3.05, 3.63) is 35.1 Å². The topological polar surface area (TPSA) is 122 Å². The molecule has 4 aromatic rings. The van der Waals surface area contributed by atoms with Crippen LogP contribution >= 0.6 is 11.3 Å². The number of hydrogen-bond donors (Lipinski definition) is 3. The zero-order chi connectivity index (χ0) is 23.1. The minimum absolute atomic E-state index is 0.0201. The fourth-order valence-electron chi connectivity index (χ4n) is 4.32. The first kappa shape index (κ1) is 21.6. The second kappa shape index (κ2) is 8.60. The highest BCUT2D eigenvalue weighted by Gasteiger charge is 2.30. The van der Waals surface area contributed by atoms with Crippen molar-refractivity contribution in [2.24, 2.45) is 11.7 Å². The smallest absolute Gasteiger partial charge is 0.225 e. The van der Waals surface area contributed by atoms with Gasteiger partial charge in [-0.05, 0) is 37.8 Å². The van der Waals surface area contributed by atoms with Gasteiger partial charge in [0.15, 0.2) is 0 Å². The van der Waals surface area contributed by atoms with Gasteiger partial charge in [-0.25, -0.2) is 9.97 Å². The van der Waals surface area contributed by atoms with Crippen molar-refractivity contribution in [2.45, 2.75) is 32.2 Å². The molecule has 0 fully saturated rings. The maximum absolute atomic E-state index is 12.5. The van der Waals surface area contributed by atoms with Gasteiger partial charge in [0.2, 0.25) is 5.91 Å². The fourth-order valence-corrected chi connectivity index (χ4v) is 5.59. The number of aromatic nitrogens is 4. The maximum atomic E-state index is 12.5. The van der Waals surface area contributed by atoms with E-state index in [0.717, 1.165) is 51.9 Å². The Morgan fingerprint density at radius 1 is 1.39 bits per heavy atom. The SMILES string of the molecule is C[C@H](N)COc1cc2[nH]ncc2cc1Nc1ncnc2sc3c(c12)CC[C@H](C(=O)N(C)C)C3. The number of nitrogens with two attached hydrogens (primary N) is 1. The van der Waals surface area contributed by atoms with E-state index < -0.39 is 0 Å². The van der Waals surface area contributed by atoms with Crippen LogP contribution in [0.3, 0.4) is 0 Å². The van der Waals surface area contributed by atoms with Gasteiger partial charge in [0, 0.05) is 42.4 Å². The molecule has 1 aliphatic carbocycles. The van der Waals surface area contributed by atoms with Crippen molar-refractivity contribution in [1.82, 2.24) is 25.1 Å². The van der Waals surface area contributed by atoms with E-state index in [1.54, 1.807) is 28.8 Å². The number of hydrogen-bond acceptors (Lipinski definition) is 8. The normalized spacial score (nSPS) is 16.5. The summed E-state index contributed by atoms with van der Waals surface area (Å²) in [6, 6.07) is 3.82. The number of thiophene rings is 1. The monoisotopic (exact) mass is 465 g/mol. The maximum Gasteiger partial charge on any atom is 0.225 e. The average Bonchev–Trinajstić information content (AvgIpc) is 3.40. The lowest BCUT2D eigenvalue weighted by molar-refractivity contribution is -0.133. The highest BCUT2D eigenvalue weighted by molar-refractivity contribution is 7.19. The number of fused-ring (bicyclic) bond motifs is 4. The van der Waals surface area contributed by atoms with Crippen LogP contribution in [-0.2, 0) is 17.6 Å². The number of rotatable bonds is 6. The summed E-state index contributed by atoms with van der Waals surface area (Å²) >= 11 is 1.65. The first-order valence-corrected chi connectivity index (χ1v) is 11.8. The molecule has 0 spiro atoms. The Morgan fingerprint density at radius 3 is 3.03 bits per heavy atom. The van der Waals surface area contributed by atoms with Crippen LogP contribution in [0.1, 0.15) is 23.8 Å². The summed E-state index contributed by atoms with van der Waals surface area (Å²) in [5.41, 5.74) is 8.83. The lowest BCUT2D eigenvalue weighted by Crippen LogP contribution is -2.32. The summed E-state index contributed by atoms with van der Waals surface area (Å²) in [6.07, 6.45) is 5.76. The Morgan fingerprint density at radius 2 is 2.24 bits per heavy atom. The third-order valence-corrected chi connectivity index (χ3v) is 7.09. The molecule has 2 atom stereocenters. The van der Waals surface area contributed by atoms with Crippen LogP contribution in [0, 0.1) is 5.92 Å². The summed E-state index contributed by atoms with van der Waals surface area (Å²) in [7, 11) is 3.64. The Labute approximate surface area is 195 Å². The molecule has 0 aliphatic heterocycles. The van der Waals surface area contributed by atoms with Crippen LogP contribution in [0.5, 0.6) is 5.75 Å². The number of aryl methyl sites for hydroxylation is 1. The van der Waals surface area contributed by atoms with E-state index in [2.05, 4.69) is 25.5 Å². The number of aromatic amines is 1. The zero-order valence-corrected chi connectivity index (χ0v) is 19.7. The Balaban J connectivity index is 1.52. The Hall–Kier alpha value is -3.24. The summed E-state index contributed by atoms with van der Waals surface area (Å²) < 4.78 is 6.00. The molecule has 0 bridgehead atoms. The van der Waals surface area contributed by atoms with Crippen molar-refractivity contribution < 1.29 is 9.53 Å². The summed E-state index contributed by atoms with van der Waals surface area (Å²) in [5.74, 6) is 1.62. The van der Waals surface area contributed by atoms with Gasteiger partial charge >= 0.3 is 0 Å². The van der Waals surface area contributed by atoms with E-state index in [9.17, 15) is 4.79 Å². The van der Waals surface area contributed by atoms with Crippen molar-refractivity contribution >= 4 is 49.9 Å². The van der Waals surface area contributed by atoms with Crippen LogP contribution in [0.25, 0.3) is 21.1 Å². The Bertz CT molecular complexity index is 1330. The number of H-pyrrole nitrogens is 1. The first-order valence-electron chi connectivity index (χ1n) is 11.0. The molecule has 9 nitrogen and oxygen atoms in total. The summed E-state index contributed by atoms with van der Waals surface area (Å²) in [6.45, 7) is 2.30. The number of nitrogens with zero attached hydrogens (tertiary/aromatic N) is 4. The van der Waals surface area contributed by atoms with E-state index in [0.29, 0.717) is 12.4 Å². The molecular weight excluding hydrogens is 438 g/mol. The molecule has 10 heteroatoms. The standard InChI is InChI=1S/C23H27N7O2S/c1-12(24)10-32-18-8-16-14(9-27-29-16)6-17(18)28-21-20-15-5-4-13(23(31)30(2)3)7-19(15)33-22(20)26-11-25-21/h6,8-9,11-13H,4-5,7,10,24H2,1-3H3,(H,27,29)(H,25,26,28)/t12-,13-/m0/s1.